The van der Waals surface area contributed by atoms with Crippen LogP contribution in [0.5, 0.6) is 0 Å². The van der Waals surface area contributed by atoms with Gasteiger partial charge in [-0.1, -0.05) is 18.2 Å². The quantitative estimate of drug-likeness (QED) is 0.369. The van der Waals surface area contributed by atoms with Crippen LogP contribution in [-0.4, -0.2) is 21.1 Å². The SMILES string of the molecule is [C-]#[N+]c1ccc(CC(=O)[C@@](C)(O)Cn2ccc3cc(I)ccc32)cc1C(F)(F)F. The molecule has 0 spiro atoms. The Morgan fingerprint density at radius 1 is 1.21 bits per heavy atom. The number of halogens is 4. The standard InChI is InChI=1S/C21H16F3IN2O2/c1-20(29,12-27-8-7-14-11-15(25)4-6-18(14)27)19(28)10-13-3-5-17(26-2)16(9-13)21(22,23)24/h3-9,11,29H,10,12H2,1H3/t20-/m0/s1. The minimum atomic E-state index is -4.69. The van der Waals surface area contributed by atoms with Gasteiger partial charge in [-0.2, -0.15) is 13.2 Å². The molecule has 1 N–H and O–H groups in total. The van der Waals surface area contributed by atoms with Crippen LogP contribution in [0.2, 0.25) is 0 Å². The Bertz CT molecular complexity index is 1130. The van der Waals surface area contributed by atoms with Gasteiger partial charge in [0.2, 0.25) is 0 Å². The first-order chi connectivity index (χ1) is 13.5. The molecular formula is C21H16F3IN2O2. The number of carbonyl (C=O) groups is 1. The van der Waals surface area contributed by atoms with Crippen LogP contribution in [0.15, 0.2) is 48.7 Å². The van der Waals surface area contributed by atoms with E-state index in [9.17, 15) is 23.1 Å². The first-order valence-corrected chi connectivity index (χ1v) is 9.67. The molecule has 29 heavy (non-hydrogen) atoms. The van der Waals surface area contributed by atoms with Gasteiger partial charge >= 0.3 is 6.18 Å². The number of hydrogen-bond donors (Lipinski definition) is 1. The Kier molecular flexibility index (Phi) is 5.74. The van der Waals surface area contributed by atoms with Gasteiger partial charge in [-0.25, -0.2) is 4.85 Å². The predicted molar refractivity (Wildman–Crippen MR) is 112 cm³/mol. The molecule has 0 bridgehead atoms. The molecule has 0 fully saturated rings. The van der Waals surface area contributed by atoms with Crippen LogP contribution in [0, 0.1) is 10.1 Å². The van der Waals surface area contributed by atoms with Gasteiger partial charge in [-0.05, 0) is 59.3 Å². The van der Waals surface area contributed by atoms with Crippen LogP contribution in [0.1, 0.15) is 18.1 Å². The highest BCUT2D eigenvalue weighted by Crippen LogP contribution is 2.37. The summed E-state index contributed by atoms with van der Waals surface area (Å²) in [7, 11) is 0. The van der Waals surface area contributed by atoms with Crippen molar-refractivity contribution in [2.24, 2.45) is 0 Å². The summed E-state index contributed by atoms with van der Waals surface area (Å²) in [5.74, 6) is -0.603. The maximum Gasteiger partial charge on any atom is 0.407 e. The van der Waals surface area contributed by atoms with Crippen LogP contribution in [0.25, 0.3) is 15.7 Å². The number of nitrogens with zero attached hydrogens (tertiary/aromatic N) is 2. The maximum absolute atomic E-state index is 13.1. The van der Waals surface area contributed by atoms with E-state index in [-0.39, 0.29) is 18.5 Å². The number of fused-ring (bicyclic) bond motifs is 1. The molecule has 0 saturated carbocycles. The average Bonchev–Trinajstić information content (AvgIpc) is 3.02. The van der Waals surface area contributed by atoms with Crippen molar-refractivity contribution in [3.8, 4) is 0 Å². The lowest BCUT2D eigenvalue weighted by Gasteiger charge is -2.23. The number of hydrogen-bond acceptors (Lipinski definition) is 2. The van der Waals surface area contributed by atoms with Crippen molar-refractivity contribution >= 4 is 45.0 Å². The Balaban J connectivity index is 1.83. The molecule has 0 unspecified atom stereocenters. The summed E-state index contributed by atoms with van der Waals surface area (Å²) < 4.78 is 42.2. The normalized spacial score (nSPS) is 13.8. The third-order valence-corrected chi connectivity index (χ3v) is 5.33. The summed E-state index contributed by atoms with van der Waals surface area (Å²) in [5.41, 5.74) is -2.43. The summed E-state index contributed by atoms with van der Waals surface area (Å²) in [6.45, 7) is 8.21. The molecule has 0 amide bonds. The zero-order chi connectivity index (χ0) is 21.4. The number of ketones is 1. The summed E-state index contributed by atoms with van der Waals surface area (Å²) in [6, 6.07) is 10.8. The highest BCUT2D eigenvalue weighted by atomic mass is 127. The van der Waals surface area contributed by atoms with Crippen LogP contribution < -0.4 is 0 Å². The van der Waals surface area contributed by atoms with Crippen molar-refractivity contribution in [3.05, 3.63) is 74.8 Å². The first-order valence-electron chi connectivity index (χ1n) is 8.59. The van der Waals surface area contributed by atoms with Crippen LogP contribution in [-0.2, 0) is 23.9 Å². The number of Topliss-reactive ketones (excluding diaryl/α,β-unsaturated/α-hetero) is 1. The van der Waals surface area contributed by atoms with E-state index in [0.717, 1.165) is 26.6 Å². The molecule has 150 valence electrons. The fraction of sp³-hybridized carbons (Fsp3) is 0.238. The van der Waals surface area contributed by atoms with Gasteiger partial charge in [-0.15, -0.1) is 0 Å². The summed E-state index contributed by atoms with van der Waals surface area (Å²) in [5, 5.41) is 11.7. The van der Waals surface area contributed by atoms with Gasteiger partial charge in [0.25, 0.3) is 0 Å². The molecule has 0 aliphatic heterocycles. The van der Waals surface area contributed by atoms with Gasteiger partial charge in [-0.3, -0.25) is 4.79 Å². The van der Waals surface area contributed by atoms with E-state index in [1.807, 2.05) is 24.3 Å². The first kappa shape index (κ1) is 21.3. The van der Waals surface area contributed by atoms with Crippen molar-refractivity contribution < 1.29 is 23.1 Å². The molecule has 3 aromatic rings. The molecule has 1 heterocycles. The third-order valence-electron chi connectivity index (χ3n) is 4.66. The van der Waals surface area contributed by atoms with E-state index >= 15 is 0 Å². The van der Waals surface area contributed by atoms with Crippen LogP contribution >= 0.6 is 22.6 Å². The lowest BCUT2D eigenvalue weighted by molar-refractivity contribution is -0.138. The number of aromatic nitrogens is 1. The number of rotatable bonds is 5. The van der Waals surface area contributed by atoms with E-state index in [1.54, 1.807) is 10.8 Å². The highest BCUT2D eigenvalue weighted by molar-refractivity contribution is 14.1. The average molecular weight is 512 g/mol. The van der Waals surface area contributed by atoms with E-state index < -0.39 is 28.8 Å². The highest BCUT2D eigenvalue weighted by Gasteiger charge is 2.35. The van der Waals surface area contributed by atoms with Crippen LogP contribution in [0.3, 0.4) is 0 Å². The Labute approximate surface area is 178 Å². The fourth-order valence-corrected chi connectivity index (χ4v) is 3.64. The molecule has 4 nitrogen and oxygen atoms in total. The van der Waals surface area contributed by atoms with Gasteiger partial charge in [0.15, 0.2) is 11.5 Å². The summed E-state index contributed by atoms with van der Waals surface area (Å²) in [4.78, 5) is 15.5. The number of aliphatic hydroxyl groups is 1. The fourth-order valence-electron chi connectivity index (χ4n) is 3.12. The van der Waals surface area contributed by atoms with Crippen molar-refractivity contribution in [2.45, 2.75) is 31.7 Å². The molecule has 0 saturated heterocycles. The monoisotopic (exact) mass is 512 g/mol. The van der Waals surface area contributed by atoms with Crippen molar-refractivity contribution in [2.75, 3.05) is 0 Å². The zero-order valence-corrected chi connectivity index (χ0v) is 17.5. The Morgan fingerprint density at radius 3 is 2.59 bits per heavy atom. The number of benzene rings is 2. The van der Waals surface area contributed by atoms with E-state index in [4.69, 9.17) is 6.57 Å². The molecule has 1 atom stereocenters. The minimum Gasteiger partial charge on any atom is -0.380 e. The molecule has 0 aliphatic rings. The second-order valence-electron chi connectivity index (χ2n) is 6.98. The van der Waals surface area contributed by atoms with E-state index in [0.29, 0.717) is 0 Å². The zero-order valence-electron chi connectivity index (χ0n) is 15.3. The Morgan fingerprint density at radius 2 is 1.93 bits per heavy atom. The van der Waals surface area contributed by atoms with Gasteiger partial charge in [0.05, 0.1) is 18.7 Å². The third kappa shape index (κ3) is 4.62. The minimum absolute atomic E-state index is 0.0256. The van der Waals surface area contributed by atoms with Crippen LogP contribution in [0.4, 0.5) is 18.9 Å². The van der Waals surface area contributed by atoms with Crippen molar-refractivity contribution in [1.82, 2.24) is 4.57 Å². The lowest BCUT2D eigenvalue weighted by Crippen LogP contribution is -2.40. The van der Waals surface area contributed by atoms with Gasteiger partial charge in [0.1, 0.15) is 5.60 Å². The Hall–Kier alpha value is -2.38. The topological polar surface area (TPSA) is 46.6 Å². The molecule has 2 aromatic carbocycles. The largest absolute Gasteiger partial charge is 0.407 e. The van der Waals surface area contributed by atoms with E-state index in [2.05, 4.69) is 27.4 Å². The van der Waals surface area contributed by atoms with E-state index in [1.165, 1.54) is 13.0 Å². The molecule has 0 aliphatic carbocycles. The number of alkyl halides is 3. The number of carbonyl (C=O) groups excluding carboxylic acids is 1. The summed E-state index contributed by atoms with van der Waals surface area (Å²) in [6.07, 6.45) is -3.30. The van der Waals surface area contributed by atoms with Crippen molar-refractivity contribution in [3.63, 3.8) is 0 Å². The maximum atomic E-state index is 13.1. The smallest absolute Gasteiger partial charge is 0.380 e. The molecule has 1 aromatic heterocycles. The molecule has 8 heteroatoms. The van der Waals surface area contributed by atoms with Gasteiger partial charge < -0.3 is 9.67 Å². The second-order valence-corrected chi connectivity index (χ2v) is 8.23. The molecule has 0 radical (unpaired) electrons. The molecule has 3 rings (SSSR count). The predicted octanol–water partition coefficient (Wildman–Crippen LogP) is 5.38. The molecular weight excluding hydrogens is 496 g/mol. The van der Waals surface area contributed by atoms with Gasteiger partial charge in [0, 0.05) is 27.1 Å². The second kappa shape index (κ2) is 7.80. The lowest BCUT2D eigenvalue weighted by atomic mass is 9.94. The summed E-state index contributed by atoms with van der Waals surface area (Å²) >= 11 is 2.19. The van der Waals surface area contributed by atoms with Crippen molar-refractivity contribution in [1.29, 1.82) is 0 Å².